The van der Waals surface area contributed by atoms with E-state index in [1.54, 1.807) is 19.2 Å². The number of fused-ring (bicyclic) bond motifs is 1. The van der Waals surface area contributed by atoms with E-state index in [2.05, 4.69) is 20.9 Å². The van der Waals surface area contributed by atoms with E-state index >= 15 is 0 Å². The van der Waals surface area contributed by atoms with Crippen LogP contribution in [0.1, 0.15) is 16.1 Å². The summed E-state index contributed by atoms with van der Waals surface area (Å²) in [5.74, 6) is -0.853. The highest BCUT2D eigenvalue weighted by atomic mass is 79.9. The number of hydrogen-bond donors (Lipinski definition) is 0. The molecule has 2 heterocycles. The van der Waals surface area contributed by atoms with E-state index in [9.17, 15) is 14.0 Å². The molecular formula is C22H12BrClFNO4. The topological polar surface area (TPSA) is 69.4 Å². The molecule has 0 spiro atoms. The van der Waals surface area contributed by atoms with E-state index in [0.29, 0.717) is 4.47 Å². The van der Waals surface area contributed by atoms with E-state index in [-0.39, 0.29) is 44.2 Å². The molecule has 0 amide bonds. The molecule has 0 saturated heterocycles. The Morgan fingerprint density at radius 3 is 2.70 bits per heavy atom. The molecule has 0 aliphatic rings. The number of carbonyl (C=O) groups excluding carboxylic acids is 1. The molecule has 0 aliphatic carbocycles. The van der Waals surface area contributed by atoms with Gasteiger partial charge in [-0.2, -0.15) is 0 Å². The predicted octanol–water partition coefficient (Wildman–Crippen LogP) is 5.94. The minimum absolute atomic E-state index is 0.00928. The van der Waals surface area contributed by atoms with Gasteiger partial charge in [-0.1, -0.05) is 17.7 Å². The van der Waals surface area contributed by atoms with Crippen molar-refractivity contribution < 1.29 is 18.3 Å². The molecular weight excluding hydrogens is 477 g/mol. The van der Waals surface area contributed by atoms with Crippen molar-refractivity contribution in [3.05, 3.63) is 91.7 Å². The molecule has 2 aromatic carbocycles. The number of esters is 1. The average Bonchev–Trinajstić information content (AvgIpc) is 2.70. The van der Waals surface area contributed by atoms with Gasteiger partial charge in [0.15, 0.2) is 0 Å². The van der Waals surface area contributed by atoms with Crippen molar-refractivity contribution in [2.45, 2.75) is 6.92 Å². The number of rotatable bonds is 3. The Morgan fingerprint density at radius 2 is 1.97 bits per heavy atom. The average molecular weight is 489 g/mol. The van der Waals surface area contributed by atoms with Crippen LogP contribution in [0.2, 0.25) is 5.02 Å². The van der Waals surface area contributed by atoms with E-state index in [1.165, 1.54) is 42.6 Å². The molecule has 0 radical (unpaired) electrons. The van der Waals surface area contributed by atoms with E-state index in [1.807, 2.05) is 0 Å². The minimum atomic E-state index is -0.620. The van der Waals surface area contributed by atoms with Crippen molar-refractivity contribution in [3.63, 3.8) is 0 Å². The molecule has 0 aliphatic heterocycles. The number of benzene rings is 2. The number of hydrogen-bond acceptors (Lipinski definition) is 5. The van der Waals surface area contributed by atoms with Gasteiger partial charge in [-0.3, -0.25) is 9.78 Å². The summed E-state index contributed by atoms with van der Waals surface area (Å²) in [6, 6.07) is 10.1. The number of nitrogens with zero attached hydrogens (tertiary/aromatic N) is 1. The van der Waals surface area contributed by atoms with Crippen LogP contribution in [0, 0.1) is 12.7 Å². The summed E-state index contributed by atoms with van der Waals surface area (Å²) >= 11 is 9.37. The Labute approximate surface area is 183 Å². The molecule has 8 heteroatoms. The minimum Gasteiger partial charge on any atom is -0.460 e. The lowest BCUT2D eigenvalue weighted by molar-refractivity contribution is 0.0734. The quantitative estimate of drug-likeness (QED) is 0.264. The van der Waals surface area contributed by atoms with Crippen molar-refractivity contribution in [2.24, 2.45) is 0 Å². The molecule has 5 nitrogen and oxygen atoms in total. The molecule has 0 N–H and O–H groups in total. The fourth-order valence-electron chi connectivity index (χ4n) is 3.06. The van der Waals surface area contributed by atoms with Gasteiger partial charge in [0.2, 0.25) is 5.43 Å². The van der Waals surface area contributed by atoms with Crippen LogP contribution in [-0.2, 0) is 0 Å². The van der Waals surface area contributed by atoms with Crippen LogP contribution in [0.3, 0.4) is 0 Å². The van der Waals surface area contributed by atoms with Gasteiger partial charge in [0, 0.05) is 28.5 Å². The molecule has 4 aromatic rings. The molecule has 4 rings (SSSR count). The first-order valence-electron chi connectivity index (χ1n) is 8.69. The Kier molecular flexibility index (Phi) is 5.40. The van der Waals surface area contributed by atoms with Gasteiger partial charge in [-0.25, -0.2) is 9.18 Å². The maximum atomic E-state index is 14.4. The van der Waals surface area contributed by atoms with Crippen molar-refractivity contribution in [1.29, 1.82) is 0 Å². The van der Waals surface area contributed by atoms with E-state index < -0.39 is 17.2 Å². The first kappa shape index (κ1) is 20.3. The molecule has 30 heavy (non-hydrogen) atoms. The van der Waals surface area contributed by atoms with Gasteiger partial charge in [-0.05, 0) is 53.2 Å². The number of aromatic nitrogens is 1. The maximum absolute atomic E-state index is 14.4. The predicted molar refractivity (Wildman–Crippen MR) is 115 cm³/mol. The first-order chi connectivity index (χ1) is 14.3. The Balaban J connectivity index is 1.77. The highest BCUT2D eigenvalue weighted by molar-refractivity contribution is 9.10. The lowest BCUT2D eigenvalue weighted by atomic mass is 10.0. The third kappa shape index (κ3) is 3.74. The monoisotopic (exact) mass is 487 g/mol. The summed E-state index contributed by atoms with van der Waals surface area (Å²) < 4.78 is 26.1. The Hall–Kier alpha value is -3.03. The van der Waals surface area contributed by atoms with Gasteiger partial charge >= 0.3 is 5.97 Å². The fourth-order valence-corrected chi connectivity index (χ4v) is 3.69. The van der Waals surface area contributed by atoms with Crippen LogP contribution >= 0.6 is 27.5 Å². The zero-order valence-corrected chi connectivity index (χ0v) is 17.8. The lowest BCUT2D eigenvalue weighted by Gasteiger charge is -2.10. The van der Waals surface area contributed by atoms with Gasteiger partial charge in [0.1, 0.15) is 22.9 Å². The zero-order chi connectivity index (χ0) is 21.4. The Bertz CT molecular complexity index is 1350. The van der Waals surface area contributed by atoms with Crippen molar-refractivity contribution in [2.75, 3.05) is 0 Å². The number of ether oxygens (including phenoxy) is 1. The molecule has 0 unspecified atom stereocenters. The van der Waals surface area contributed by atoms with E-state index in [0.717, 1.165) is 0 Å². The molecule has 0 atom stereocenters. The van der Waals surface area contributed by atoms with Crippen LogP contribution in [0.5, 0.6) is 5.75 Å². The standard InChI is InChI=1S/C22H12BrClFNO4/c1-11-19(20-16(24)3-2-4-17(20)25)21(27)15-6-5-14(8-18(15)29-11)30-22(28)12-7-13(23)10-26-9-12/h2-10H,1H3. The van der Waals surface area contributed by atoms with Gasteiger partial charge in [-0.15, -0.1) is 0 Å². The number of aryl methyl sites for hydroxylation is 1. The highest BCUT2D eigenvalue weighted by Gasteiger charge is 2.20. The van der Waals surface area contributed by atoms with E-state index in [4.69, 9.17) is 20.8 Å². The summed E-state index contributed by atoms with van der Waals surface area (Å²) in [7, 11) is 0. The van der Waals surface area contributed by atoms with Gasteiger partial charge < -0.3 is 9.15 Å². The number of pyridine rings is 1. The summed E-state index contributed by atoms with van der Waals surface area (Å²) in [5.41, 5.74) is 0.0633. The maximum Gasteiger partial charge on any atom is 0.345 e. The number of halogens is 3. The van der Waals surface area contributed by atoms with Crippen LogP contribution in [-0.4, -0.2) is 11.0 Å². The second-order valence-electron chi connectivity index (χ2n) is 6.40. The molecule has 0 fully saturated rings. The lowest BCUT2D eigenvalue weighted by Crippen LogP contribution is -2.11. The zero-order valence-electron chi connectivity index (χ0n) is 15.4. The van der Waals surface area contributed by atoms with Gasteiger partial charge in [0.05, 0.1) is 21.5 Å². The number of carbonyl (C=O) groups is 1. The highest BCUT2D eigenvalue weighted by Crippen LogP contribution is 2.33. The summed E-state index contributed by atoms with van der Waals surface area (Å²) in [5, 5.41) is 0.316. The molecule has 0 saturated carbocycles. The smallest absolute Gasteiger partial charge is 0.345 e. The first-order valence-corrected chi connectivity index (χ1v) is 9.87. The van der Waals surface area contributed by atoms with Crippen LogP contribution in [0.15, 0.2) is 68.5 Å². The summed E-state index contributed by atoms with van der Waals surface area (Å²) in [6.45, 7) is 1.55. The van der Waals surface area contributed by atoms with Crippen molar-refractivity contribution >= 4 is 44.5 Å². The third-order valence-electron chi connectivity index (χ3n) is 4.40. The van der Waals surface area contributed by atoms with Crippen LogP contribution in [0.25, 0.3) is 22.1 Å². The second-order valence-corrected chi connectivity index (χ2v) is 7.72. The van der Waals surface area contributed by atoms with Gasteiger partial charge in [0.25, 0.3) is 0 Å². The second kappa shape index (κ2) is 8.01. The van der Waals surface area contributed by atoms with Crippen molar-refractivity contribution in [3.8, 4) is 16.9 Å². The van der Waals surface area contributed by atoms with Crippen LogP contribution in [0.4, 0.5) is 4.39 Å². The molecule has 150 valence electrons. The fraction of sp³-hybridized carbons (Fsp3) is 0.0455. The molecule has 2 aromatic heterocycles. The molecule has 0 bridgehead atoms. The van der Waals surface area contributed by atoms with Crippen molar-refractivity contribution in [1.82, 2.24) is 4.98 Å². The van der Waals surface area contributed by atoms with Crippen LogP contribution < -0.4 is 10.2 Å². The third-order valence-corrected chi connectivity index (χ3v) is 5.15. The Morgan fingerprint density at radius 1 is 1.17 bits per heavy atom. The SMILES string of the molecule is Cc1oc2cc(OC(=O)c3cncc(Br)c3)ccc2c(=O)c1-c1c(F)cccc1Cl. The largest absolute Gasteiger partial charge is 0.460 e. The normalized spacial score (nSPS) is 10.9. The summed E-state index contributed by atoms with van der Waals surface area (Å²) in [6.07, 6.45) is 2.92. The summed E-state index contributed by atoms with van der Waals surface area (Å²) in [4.78, 5) is 29.3.